The van der Waals surface area contributed by atoms with Gasteiger partial charge in [0.2, 0.25) is 0 Å². The van der Waals surface area contributed by atoms with Crippen LogP contribution in [0.4, 0.5) is 0 Å². The fraction of sp³-hybridized carbons (Fsp3) is 0.333. The molecule has 1 heterocycles. The topological polar surface area (TPSA) is 51.7 Å². The third-order valence-corrected chi connectivity index (χ3v) is 5.91. The smallest absolute Gasteiger partial charge is 0.254 e. The maximum Gasteiger partial charge on any atom is 0.254 e. The first kappa shape index (κ1) is 23.3. The van der Waals surface area contributed by atoms with Gasteiger partial charge in [0.05, 0.1) is 18.8 Å². The van der Waals surface area contributed by atoms with Gasteiger partial charge in [0.15, 0.2) is 0 Å². The predicted molar refractivity (Wildman–Crippen MR) is 125 cm³/mol. The lowest BCUT2D eigenvalue weighted by Gasteiger charge is -2.21. The van der Waals surface area contributed by atoms with E-state index in [1.54, 1.807) is 36.3 Å². The monoisotopic (exact) mass is 458 g/mol. The number of aromatic nitrogens is 1. The van der Waals surface area contributed by atoms with Crippen molar-refractivity contribution in [2.24, 2.45) is 0 Å². The summed E-state index contributed by atoms with van der Waals surface area (Å²) in [6, 6.07) is 15.0. The number of thiazole rings is 1. The van der Waals surface area contributed by atoms with Gasteiger partial charge in [0.25, 0.3) is 5.91 Å². The van der Waals surface area contributed by atoms with Gasteiger partial charge in [0.1, 0.15) is 17.4 Å². The van der Waals surface area contributed by atoms with Gasteiger partial charge >= 0.3 is 0 Å². The molecule has 2 aromatic carbocycles. The normalized spacial score (nSPS) is 11.0. The average Bonchev–Trinajstić information content (AvgIpc) is 3.22. The Morgan fingerprint density at radius 1 is 1.16 bits per heavy atom. The molecular weight excluding hydrogens is 432 g/mol. The molecule has 0 aliphatic heterocycles. The third kappa shape index (κ3) is 6.53. The second kappa shape index (κ2) is 11.3. The number of amides is 1. The zero-order chi connectivity index (χ0) is 22.2. The van der Waals surface area contributed by atoms with Gasteiger partial charge in [-0.3, -0.25) is 4.79 Å². The van der Waals surface area contributed by atoms with Crippen LogP contribution in [-0.4, -0.2) is 36.1 Å². The fourth-order valence-electron chi connectivity index (χ4n) is 3.14. The summed E-state index contributed by atoms with van der Waals surface area (Å²) in [7, 11) is 1.62. The molecule has 1 aromatic heterocycles. The summed E-state index contributed by atoms with van der Waals surface area (Å²) in [5.41, 5.74) is 2.60. The van der Waals surface area contributed by atoms with Crippen LogP contribution in [0.15, 0.2) is 53.9 Å². The number of ether oxygens (including phenoxy) is 2. The Labute approximate surface area is 192 Å². The van der Waals surface area contributed by atoms with Crippen molar-refractivity contribution in [1.29, 1.82) is 0 Å². The molecule has 0 aliphatic carbocycles. The molecule has 0 saturated carbocycles. The van der Waals surface area contributed by atoms with Crippen molar-refractivity contribution in [2.45, 2.75) is 32.9 Å². The molecule has 0 atom stereocenters. The van der Waals surface area contributed by atoms with Crippen molar-refractivity contribution in [2.75, 3.05) is 20.3 Å². The van der Waals surface area contributed by atoms with Gasteiger partial charge in [0, 0.05) is 29.6 Å². The van der Waals surface area contributed by atoms with E-state index in [0.29, 0.717) is 42.8 Å². The molecule has 0 unspecified atom stereocenters. The molecule has 0 aliphatic rings. The van der Waals surface area contributed by atoms with Gasteiger partial charge in [-0.2, -0.15) is 0 Å². The van der Waals surface area contributed by atoms with Crippen molar-refractivity contribution in [3.05, 3.63) is 80.8 Å². The zero-order valence-electron chi connectivity index (χ0n) is 18.0. The lowest BCUT2D eigenvalue weighted by Crippen LogP contribution is -2.33. The first-order chi connectivity index (χ1) is 15.0. The van der Waals surface area contributed by atoms with Gasteiger partial charge in [-0.05, 0) is 41.8 Å². The molecule has 3 aromatic rings. The third-order valence-electron chi connectivity index (χ3n) is 4.79. The van der Waals surface area contributed by atoms with E-state index in [1.807, 2.05) is 23.6 Å². The molecule has 0 saturated heterocycles. The van der Waals surface area contributed by atoms with Crippen LogP contribution in [0.2, 0.25) is 5.02 Å². The van der Waals surface area contributed by atoms with Gasteiger partial charge in [-0.1, -0.05) is 43.6 Å². The number of rotatable bonds is 10. The second-order valence-electron chi connectivity index (χ2n) is 7.44. The summed E-state index contributed by atoms with van der Waals surface area (Å²) in [5, 5.41) is 3.45. The van der Waals surface area contributed by atoms with Gasteiger partial charge in [-0.15, -0.1) is 11.3 Å². The van der Waals surface area contributed by atoms with Crippen molar-refractivity contribution in [1.82, 2.24) is 9.88 Å². The molecule has 3 rings (SSSR count). The summed E-state index contributed by atoms with van der Waals surface area (Å²) in [6.07, 6.45) is 0. The summed E-state index contributed by atoms with van der Waals surface area (Å²) in [5.74, 6) is 1.19. The van der Waals surface area contributed by atoms with Crippen LogP contribution < -0.4 is 4.74 Å². The van der Waals surface area contributed by atoms with Crippen LogP contribution in [0.25, 0.3) is 0 Å². The molecule has 0 N–H and O–H groups in total. The van der Waals surface area contributed by atoms with E-state index in [4.69, 9.17) is 21.1 Å². The number of hydrogen-bond donors (Lipinski definition) is 0. The molecule has 164 valence electrons. The number of nitrogens with zero attached hydrogens (tertiary/aromatic N) is 2. The summed E-state index contributed by atoms with van der Waals surface area (Å²) < 4.78 is 11.2. The second-order valence-corrected chi connectivity index (χ2v) is 8.82. The standard InChI is InChI=1S/C24H27ClN2O3S/c1-17(2)21-6-4-5-7-22(21)30-15-23-26-20(16-31-23)14-27(12-13-29-3)24(28)18-8-10-19(25)11-9-18/h4-11,16-17H,12-15H2,1-3H3. The van der Waals surface area contributed by atoms with Gasteiger partial charge in [-0.25, -0.2) is 4.98 Å². The highest BCUT2D eigenvalue weighted by molar-refractivity contribution is 7.09. The van der Waals surface area contributed by atoms with Crippen LogP contribution in [0.1, 0.15) is 46.4 Å². The van der Waals surface area contributed by atoms with Crippen molar-refractivity contribution in [3.8, 4) is 5.75 Å². The summed E-state index contributed by atoms with van der Waals surface area (Å²) in [6.45, 7) is 6.03. The van der Waals surface area contributed by atoms with E-state index in [9.17, 15) is 4.79 Å². The Bertz CT molecular complexity index is 988. The number of hydrogen-bond acceptors (Lipinski definition) is 5. The number of halogens is 1. The molecule has 31 heavy (non-hydrogen) atoms. The Hall–Kier alpha value is -2.41. The van der Waals surface area contributed by atoms with Crippen LogP contribution in [0.5, 0.6) is 5.75 Å². The fourth-order valence-corrected chi connectivity index (χ4v) is 3.96. The van der Waals surface area contributed by atoms with Crippen molar-refractivity contribution in [3.63, 3.8) is 0 Å². The lowest BCUT2D eigenvalue weighted by molar-refractivity contribution is 0.0678. The van der Waals surface area contributed by atoms with Crippen molar-refractivity contribution < 1.29 is 14.3 Å². The lowest BCUT2D eigenvalue weighted by atomic mass is 10.0. The number of methoxy groups -OCH3 is 1. The number of para-hydroxylation sites is 1. The number of carbonyl (C=O) groups excluding carboxylic acids is 1. The van der Waals surface area contributed by atoms with Crippen LogP contribution in [-0.2, 0) is 17.9 Å². The summed E-state index contributed by atoms with van der Waals surface area (Å²) in [4.78, 5) is 19.4. The van der Waals surface area contributed by atoms with Crippen LogP contribution in [0, 0.1) is 0 Å². The Balaban J connectivity index is 1.66. The first-order valence-corrected chi connectivity index (χ1v) is 11.4. The molecule has 0 radical (unpaired) electrons. The highest BCUT2D eigenvalue weighted by Crippen LogP contribution is 2.27. The molecule has 0 bridgehead atoms. The largest absolute Gasteiger partial charge is 0.486 e. The Morgan fingerprint density at radius 3 is 2.61 bits per heavy atom. The number of carbonyl (C=O) groups is 1. The molecule has 0 fully saturated rings. The minimum atomic E-state index is -0.0784. The molecule has 7 heteroatoms. The molecule has 5 nitrogen and oxygen atoms in total. The quantitative estimate of drug-likeness (QED) is 0.386. The molecular formula is C24H27ClN2O3S. The van der Waals surface area contributed by atoms with E-state index >= 15 is 0 Å². The number of benzene rings is 2. The zero-order valence-corrected chi connectivity index (χ0v) is 19.6. The van der Waals surface area contributed by atoms with Crippen LogP contribution >= 0.6 is 22.9 Å². The van der Waals surface area contributed by atoms with E-state index < -0.39 is 0 Å². The van der Waals surface area contributed by atoms with Crippen molar-refractivity contribution >= 4 is 28.8 Å². The average molecular weight is 459 g/mol. The maximum atomic E-state index is 13.0. The predicted octanol–water partition coefficient (Wildman–Crippen LogP) is 5.79. The SMILES string of the molecule is COCCN(Cc1csc(COc2ccccc2C(C)C)n1)C(=O)c1ccc(Cl)cc1. The minimum Gasteiger partial charge on any atom is -0.486 e. The summed E-state index contributed by atoms with van der Waals surface area (Å²) >= 11 is 7.48. The maximum absolute atomic E-state index is 13.0. The van der Waals surface area contributed by atoms with E-state index in [-0.39, 0.29) is 5.91 Å². The Kier molecular flexibility index (Phi) is 8.46. The van der Waals surface area contributed by atoms with E-state index in [1.165, 1.54) is 16.9 Å². The molecule has 1 amide bonds. The Morgan fingerprint density at radius 2 is 1.90 bits per heavy atom. The molecule has 0 spiro atoms. The van der Waals surface area contributed by atoms with E-state index in [2.05, 4.69) is 24.9 Å². The minimum absolute atomic E-state index is 0.0784. The van der Waals surface area contributed by atoms with Crippen LogP contribution in [0.3, 0.4) is 0 Å². The van der Waals surface area contributed by atoms with Gasteiger partial charge < -0.3 is 14.4 Å². The highest BCUT2D eigenvalue weighted by Gasteiger charge is 2.18. The van der Waals surface area contributed by atoms with E-state index in [0.717, 1.165) is 16.5 Å². The highest BCUT2D eigenvalue weighted by atomic mass is 35.5. The first-order valence-electron chi connectivity index (χ1n) is 10.2.